The molecule has 1 heterocycles. The first-order valence-electron chi connectivity index (χ1n) is 4.33. The Kier molecular flexibility index (Phi) is 2.67. The Hall–Kier alpha value is -1.06. The molecule has 0 radical (unpaired) electrons. The zero-order valence-electron chi connectivity index (χ0n) is 7.59. The average Bonchev–Trinajstić information content (AvgIpc) is 2.55. The number of anilines is 1. The summed E-state index contributed by atoms with van der Waals surface area (Å²) in [6, 6.07) is 4.93. The largest absolute Gasteiger partial charge is 0.326 e. The lowest BCUT2D eigenvalue weighted by molar-refractivity contribution is -0.115. The summed E-state index contributed by atoms with van der Waals surface area (Å²) in [5.74, 6) is -0.414. The number of fused-ring (bicyclic) bond motifs is 1. The molecule has 0 spiro atoms. The molecular formula is C10H7Cl2NO2. The lowest BCUT2D eigenvalue weighted by Gasteiger charge is -2.03. The summed E-state index contributed by atoms with van der Waals surface area (Å²) in [4.78, 5) is 21.5. The predicted molar refractivity (Wildman–Crippen MR) is 58.6 cm³/mol. The van der Waals surface area contributed by atoms with E-state index in [1.165, 1.54) is 0 Å². The van der Waals surface area contributed by atoms with Gasteiger partial charge in [0, 0.05) is 11.3 Å². The van der Waals surface area contributed by atoms with Gasteiger partial charge in [-0.15, -0.1) is 0 Å². The Morgan fingerprint density at radius 3 is 2.80 bits per heavy atom. The van der Waals surface area contributed by atoms with Gasteiger partial charge in [-0.25, -0.2) is 0 Å². The standard InChI is InChI=1S/C10H7Cl2NO2/c11-10(12)9(15)5-1-2-7-6(3-5)4-8(14)13-7/h1-3,10H,4H2,(H,13,14). The predicted octanol–water partition coefficient (Wildman–Crippen LogP) is 2.17. The molecule has 0 aromatic heterocycles. The normalized spacial score (nSPS) is 13.9. The number of halogens is 2. The van der Waals surface area contributed by atoms with E-state index in [4.69, 9.17) is 23.2 Å². The molecule has 1 aromatic carbocycles. The molecule has 0 bridgehead atoms. The molecule has 2 rings (SSSR count). The first-order valence-corrected chi connectivity index (χ1v) is 5.20. The van der Waals surface area contributed by atoms with E-state index in [0.29, 0.717) is 12.0 Å². The van der Waals surface area contributed by atoms with Crippen molar-refractivity contribution >= 4 is 40.6 Å². The molecule has 0 saturated carbocycles. The number of nitrogens with one attached hydrogen (secondary N) is 1. The maximum Gasteiger partial charge on any atom is 0.228 e. The molecular weight excluding hydrogens is 237 g/mol. The molecule has 1 aromatic rings. The van der Waals surface area contributed by atoms with Gasteiger partial charge in [-0.3, -0.25) is 9.59 Å². The van der Waals surface area contributed by atoms with Gasteiger partial charge < -0.3 is 5.32 Å². The summed E-state index contributed by atoms with van der Waals surface area (Å²) in [5.41, 5.74) is 1.98. The molecule has 1 amide bonds. The van der Waals surface area contributed by atoms with Crippen molar-refractivity contribution in [3.63, 3.8) is 0 Å². The minimum absolute atomic E-state index is 0.0668. The fourth-order valence-corrected chi connectivity index (χ4v) is 1.76. The van der Waals surface area contributed by atoms with Gasteiger partial charge in [-0.2, -0.15) is 0 Å². The van der Waals surface area contributed by atoms with Crippen molar-refractivity contribution in [3.8, 4) is 0 Å². The Balaban J connectivity index is 2.35. The summed E-state index contributed by atoms with van der Waals surface area (Å²) < 4.78 is 0. The summed E-state index contributed by atoms with van der Waals surface area (Å²) >= 11 is 11.0. The van der Waals surface area contributed by atoms with Crippen molar-refractivity contribution in [2.75, 3.05) is 5.32 Å². The summed E-state index contributed by atoms with van der Waals surface area (Å²) in [7, 11) is 0. The number of benzene rings is 1. The smallest absolute Gasteiger partial charge is 0.228 e. The van der Waals surface area contributed by atoms with Gasteiger partial charge >= 0.3 is 0 Å². The van der Waals surface area contributed by atoms with Crippen molar-refractivity contribution in [2.45, 2.75) is 11.3 Å². The monoisotopic (exact) mass is 243 g/mol. The zero-order chi connectivity index (χ0) is 11.0. The highest BCUT2D eigenvalue weighted by molar-refractivity contribution is 6.55. The quantitative estimate of drug-likeness (QED) is 0.640. The molecule has 0 aliphatic carbocycles. The Labute approximate surface area is 96.4 Å². The Morgan fingerprint density at radius 2 is 2.13 bits per heavy atom. The number of alkyl halides is 2. The van der Waals surface area contributed by atoms with Crippen LogP contribution in [0.25, 0.3) is 0 Å². The van der Waals surface area contributed by atoms with Gasteiger partial charge in [0.15, 0.2) is 10.6 Å². The van der Waals surface area contributed by atoms with E-state index in [0.717, 1.165) is 11.3 Å². The van der Waals surface area contributed by atoms with Gasteiger partial charge in [0.1, 0.15) is 0 Å². The molecule has 0 saturated heterocycles. The first kappa shape index (κ1) is 10.5. The highest BCUT2D eigenvalue weighted by Gasteiger charge is 2.21. The second-order valence-electron chi connectivity index (χ2n) is 3.26. The second-order valence-corrected chi connectivity index (χ2v) is 4.36. The zero-order valence-corrected chi connectivity index (χ0v) is 9.10. The van der Waals surface area contributed by atoms with Gasteiger partial charge in [0.25, 0.3) is 0 Å². The number of ketones is 1. The van der Waals surface area contributed by atoms with Gasteiger partial charge in [-0.1, -0.05) is 23.2 Å². The third-order valence-electron chi connectivity index (χ3n) is 2.21. The molecule has 78 valence electrons. The lowest BCUT2D eigenvalue weighted by Crippen LogP contribution is -2.08. The van der Waals surface area contributed by atoms with Crippen LogP contribution in [0.2, 0.25) is 0 Å². The Bertz CT molecular complexity index is 443. The third kappa shape index (κ3) is 1.98. The van der Waals surface area contributed by atoms with Crippen LogP contribution in [-0.4, -0.2) is 16.5 Å². The van der Waals surface area contributed by atoms with Crippen LogP contribution < -0.4 is 5.32 Å². The van der Waals surface area contributed by atoms with E-state index < -0.39 is 4.84 Å². The minimum atomic E-state index is -1.06. The number of carbonyl (C=O) groups is 2. The van der Waals surface area contributed by atoms with Crippen molar-refractivity contribution in [1.82, 2.24) is 0 Å². The number of rotatable bonds is 2. The van der Waals surface area contributed by atoms with E-state index in [1.54, 1.807) is 18.2 Å². The highest BCUT2D eigenvalue weighted by atomic mass is 35.5. The fraction of sp³-hybridized carbons (Fsp3) is 0.200. The van der Waals surface area contributed by atoms with Crippen molar-refractivity contribution in [2.24, 2.45) is 0 Å². The number of hydrogen-bond acceptors (Lipinski definition) is 2. The summed E-state index contributed by atoms with van der Waals surface area (Å²) in [5, 5.41) is 2.68. The molecule has 15 heavy (non-hydrogen) atoms. The SMILES string of the molecule is O=C1Cc2cc(C(=O)C(Cl)Cl)ccc2N1. The van der Waals surface area contributed by atoms with Gasteiger partial charge in [0.05, 0.1) is 6.42 Å². The van der Waals surface area contributed by atoms with Crippen LogP contribution in [0.3, 0.4) is 0 Å². The molecule has 0 fully saturated rings. The Morgan fingerprint density at radius 1 is 1.40 bits per heavy atom. The van der Waals surface area contributed by atoms with Crippen LogP contribution >= 0.6 is 23.2 Å². The molecule has 1 aliphatic heterocycles. The maximum absolute atomic E-state index is 11.5. The topological polar surface area (TPSA) is 46.2 Å². The van der Waals surface area contributed by atoms with Gasteiger partial charge in [0.2, 0.25) is 5.91 Å². The maximum atomic E-state index is 11.5. The first-order chi connectivity index (χ1) is 7.08. The molecule has 5 heteroatoms. The third-order valence-corrected chi connectivity index (χ3v) is 2.61. The lowest BCUT2D eigenvalue weighted by atomic mass is 10.1. The van der Waals surface area contributed by atoms with Crippen LogP contribution in [0.5, 0.6) is 0 Å². The second kappa shape index (κ2) is 3.83. The summed E-state index contributed by atoms with van der Waals surface area (Å²) in [6.07, 6.45) is 0.297. The van der Waals surface area contributed by atoms with Crippen LogP contribution in [0.4, 0.5) is 5.69 Å². The van der Waals surface area contributed by atoms with E-state index >= 15 is 0 Å². The molecule has 1 N–H and O–H groups in total. The van der Waals surface area contributed by atoms with E-state index in [-0.39, 0.29) is 11.7 Å². The average molecular weight is 244 g/mol. The van der Waals surface area contributed by atoms with E-state index in [9.17, 15) is 9.59 Å². The molecule has 3 nitrogen and oxygen atoms in total. The number of Topliss-reactive ketones (excluding diaryl/α,β-unsaturated/α-hetero) is 1. The van der Waals surface area contributed by atoms with E-state index in [1.807, 2.05) is 0 Å². The van der Waals surface area contributed by atoms with Gasteiger partial charge in [-0.05, 0) is 23.8 Å². The number of amides is 1. The molecule has 1 aliphatic rings. The van der Waals surface area contributed by atoms with Crippen molar-refractivity contribution < 1.29 is 9.59 Å². The van der Waals surface area contributed by atoms with Crippen LogP contribution in [0.1, 0.15) is 15.9 Å². The van der Waals surface area contributed by atoms with Crippen LogP contribution in [-0.2, 0) is 11.2 Å². The molecule has 0 atom stereocenters. The van der Waals surface area contributed by atoms with E-state index in [2.05, 4.69) is 5.32 Å². The highest BCUT2D eigenvalue weighted by Crippen LogP contribution is 2.25. The van der Waals surface area contributed by atoms with Crippen LogP contribution in [0.15, 0.2) is 18.2 Å². The van der Waals surface area contributed by atoms with Crippen molar-refractivity contribution in [1.29, 1.82) is 0 Å². The fourth-order valence-electron chi connectivity index (χ4n) is 1.51. The van der Waals surface area contributed by atoms with Crippen molar-refractivity contribution in [3.05, 3.63) is 29.3 Å². The number of hydrogen-bond donors (Lipinski definition) is 1. The van der Waals surface area contributed by atoms with Crippen LogP contribution in [0, 0.1) is 0 Å². The summed E-state index contributed by atoms with van der Waals surface area (Å²) in [6.45, 7) is 0. The minimum Gasteiger partial charge on any atom is -0.326 e. The number of carbonyl (C=O) groups excluding carboxylic acids is 2. The molecule has 0 unspecified atom stereocenters.